The first-order valence-electron chi connectivity index (χ1n) is 12.6. The maximum absolute atomic E-state index is 12.5. The Hall–Kier alpha value is -0.730. The van der Waals surface area contributed by atoms with E-state index < -0.39 is 11.7 Å². The molecule has 0 aromatic rings. The average Bonchev–Trinajstić information content (AvgIpc) is 3.20. The number of ether oxygens (including phenoxy) is 3. The number of esters is 1. The van der Waals surface area contributed by atoms with Crippen molar-refractivity contribution in [2.75, 3.05) is 33.9 Å². The first-order chi connectivity index (χ1) is 15.3. The van der Waals surface area contributed by atoms with E-state index in [2.05, 4.69) is 11.8 Å². The van der Waals surface area contributed by atoms with E-state index in [0.29, 0.717) is 18.9 Å². The van der Waals surface area contributed by atoms with Crippen molar-refractivity contribution in [2.24, 2.45) is 40.4 Å². The molecule has 0 amide bonds. The second kappa shape index (κ2) is 6.91. The molecule has 0 unspecified atom stereocenters. The quantitative estimate of drug-likeness (QED) is 0.614. The Bertz CT molecular complexity index is 807. The zero-order chi connectivity index (χ0) is 22.6. The molecular weight excluding hydrogens is 410 g/mol. The number of piperidine rings is 1. The van der Waals surface area contributed by atoms with Gasteiger partial charge in [-0.2, -0.15) is 0 Å². The third-order valence-corrected chi connectivity index (χ3v) is 11.2. The van der Waals surface area contributed by atoms with E-state index in [1.54, 1.807) is 14.2 Å². The van der Waals surface area contributed by atoms with Crippen LogP contribution in [0.4, 0.5) is 0 Å². The van der Waals surface area contributed by atoms with E-state index >= 15 is 0 Å². The summed E-state index contributed by atoms with van der Waals surface area (Å²) in [5, 5.41) is 24.4. The van der Waals surface area contributed by atoms with Crippen LogP contribution in [0.25, 0.3) is 0 Å². The number of aliphatic hydroxyl groups excluding tert-OH is 1. The number of carbonyl (C=O) groups is 1. The summed E-state index contributed by atoms with van der Waals surface area (Å²) in [6, 6.07) is 0.163. The van der Waals surface area contributed by atoms with Gasteiger partial charge in [-0.05, 0) is 44.1 Å². The molecule has 7 heteroatoms. The number of likely N-dealkylation sites (tertiary alicyclic amines) is 1. The van der Waals surface area contributed by atoms with Gasteiger partial charge in [-0.25, -0.2) is 0 Å². The number of carbonyl (C=O) groups excluding carboxylic acids is 1. The highest BCUT2D eigenvalue weighted by molar-refractivity contribution is 5.66. The molecule has 1 heterocycles. The Kier molecular flexibility index (Phi) is 4.70. The third-order valence-electron chi connectivity index (χ3n) is 11.2. The molecule has 2 N–H and O–H groups in total. The molecule has 1 saturated heterocycles. The summed E-state index contributed by atoms with van der Waals surface area (Å²) in [6.45, 7) is 6.27. The Morgan fingerprint density at radius 2 is 2.00 bits per heavy atom. The highest BCUT2D eigenvalue weighted by Gasteiger charge is 2.83. The highest BCUT2D eigenvalue weighted by Crippen LogP contribution is 2.79. The number of hydrogen-bond donors (Lipinski definition) is 2. The van der Waals surface area contributed by atoms with Crippen LogP contribution < -0.4 is 0 Å². The number of fused-ring (bicyclic) bond motifs is 2. The van der Waals surface area contributed by atoms with E-state index in [4.69, 9.17) is 14.2 Å². The summed E-state index contributed by atoms with van der Waals surface area (Å²) in [5.41, 5.74) is -1.20. The van der Waals surface area contributed by atoms with Gasteiger partial charge in [0.1, 0.15) is 6.10 Å². The van der Waals surface area contributed by atoms with Crippen molar-refractivity contribution in [1.82, 2.24) is 4.90 Å². The van der Waals surface area contributed by atoms with Crippen molar-refractivity contribution >= 4 is 5.97 Å². The van der Waals surface area contributed by atoms with Crippen molar-refractivity contribution in [3.05, 3.63) is 0 Å². The molecular formula is C25H39NO6. The molecule has 5 saturated carbocycles. The number of nitrogens with zero attached hydrogens (tertiary/aromatic N) is 1. The minimum atomic E-state index is -0.942. The zero-order valence-corrected chi connectivity index (χ0v) is 19.8. The zero-order valence-electron chi connectivity index (χ0n) is 19.8. The van der Waals surface area contributed by atoms with E-state index in [0.717, 1.165) is 38.8 Å². The Morgan fingerprint density at radius 3 is 2.66 bits per heavy atom. The fourth-order valence-electron chi connectivity index (χ4n) is 10.7. The van der Waals surface area contributed by atoms with Gasteiger partial charge in [0.05, 0.1) is 24.4 Å². The largest absolute Gasteiger partial charge is 0.462 e. The maximum Gasteiger partial charge on any atom is 0.302 e. The van der Waals surface area contributed by atoms with Gasteiger partial charge in [-0.1, -0.05) is 6.92 Å². The fraction of sp³-hybridized carbons (Fsp3) is 0.960. The van der Waals surface area contributed by atoms with Crippen LogP contribution in [0.3, 0.4) is 0 Å². The monoisotopic (exact) mass is 449 g/mol. The van der Waals surface area contributed by atoms with Gasteiger partial charge in [0.2, 0.25) is 0 Å². The lowest BCUT2D eigenvalue weighted by molar-refractivity contribution is -0.274. The topological polar surface area (TPSA) is 88.5 Å². The van der Waals surface area contributed by atoms with Crippen LogP contribution in [0.5, 0.6) is 0 Å². The first kappa shape index (κ1) is 21.8. The van der Waals surface area contributed by atoms with E-state index in [1.807, 2.05) is 0 Å². The van der Waals surface area contributed by atoms with Crippen LogP contribution in [0, 0.1) is 40.4 Å². The molecule has 0 radical (unpaired) electrons. The lowest BCUT2D eigenvalue weighted by Crippen LogP contribution is -2.76. The molecule has 6 aliphatic rings. The molecule has 1 aliphatic heterocycles. The van der Waals surface area contributed by atoms with Crippen LogP contribution in [0.1, 0.15) is 46.0 Å². The minimum Gasteiger partial charge on any atom is -0.462 e. The highest BCUT2D eigenvalue weighted by atomic mass is 16.5. The number of rotatable bonds is 5. The maximum atomic E-state index is 12.5. The summed E-state index contributed by atoms with van der Waals surface area (Å²) in [7, 11) is 3.51. The first-order valence-corrected chi connectivity index (χ1v) is 12.6. The normalized spacial score (nSPS) is 57.5. The summed E-state index contributed by atoms with van der Waals surface area (Å²) in [5.74, 6) is 0.164. The van der Waals surface area contributed by atoms with Gasteiger partial charge in [0.15, 0.2) is 0 Å². The molecule has 32 heavy (non-hydrogen) atoms. The Balaban J connectivity index is 1.56. The average molecular weight is 450 g/mol. The number of aliphatic hydroxyl groups is 2. The predicted octanol–water partition coefficient (Wildman–Crippen LogP) is 1.45. The molecule has 7 nitrogen and oxygen atoms in total. The molecule has 6 rings (SSSR count). The van der Waals surface area contributed by atoms with Gasteiger partial charge in [-0.15, -0.1) is 0 Å². The molecule has 0 aromatic heterocycles. The molecule has 7 bridgehead atoms. The van der Waals surface area contributed by atoms with Gasteiger partial charge >= 0.3 is 5.97 Å². The second-order valence-electron chi connectivity index (χ2n) is 11.8. The minimum absolute atomic E-state index is 0.0138. The Labute approximate surface area is 190 Å². The standard InChI is InChI=1S/C25H39NO6/c1-5-26-11-23(12-30-3)7-6-19(28)25-15-8-14-17(31-4)10-24(29,16(22(25)26)9-18(23)25)20(15)21(14)32-13(2)27/h14-22,28-29H,5-12H2,1-4H3/t14-,15-,16+,17+,18-,19+,20-,21+,22-,23+,24+,25+/m1/s1. The number of methoxy groups -OCH3 is 2. The Morgan fingerprint density at radius 1 is 1.22 bits per heavy atom. The van der Waals surface area contributed by atoms with Crippen LogP contribution in [0.15, 0.2) is 0 Å². The van der Waals surface area contributed by atoms with E-state index in [9.17, 15) is 15.0 Å². The summed E-state index contributed by atoms with van der Waals surface area (Å²) in [6.07, 6.45) is 3.27. The van der Waals surface area contributed by atoms with Crippen molar-refractivity contribution in [3.8, 4) is 0 Å². The summed E-state index contributed by atoms with van der Waals surface area (Å²) >= 11 is 0. The molecule has 0 aromatic carbocycles. The van der Waals surface area contributed by atoms with Gasteiger partial charge in [0, 0.05) is 68.7 Å². The molecule has 1 spiro atoms. The van der Waals surface area contributed by atoms with Gasteiger partial charge in [-0.3, -0.25) is 9.69 Å². The smallest absolute Gasteiger partial charge is 0.302 e. The SMILES string of the molecule is CCN1C[C@]2(COC)CC[C@H](O)[C@]34[C@@H]5C[C@H]6[C@H](OC(C)=O)[C@@H]5[C@](O)(C[C@@H]6OC)[C@@H](C[C@H]23)[C@@H]14. The molecule has 6 fully saturated rings. The third kappa shape index (κ3) is 2.28. The van der Waals surface area contributed by atoms with E-state index in [-0.39, 0.29) is 58.7 Å². The lowest BCUT2D eigenvalue weighted by atomic mass is 9.43. The van der Waals surface area contributed by atoms with Crippen molar-refractivity contribution in [3.63, 3.8) is 0 Å². The molecule has 12 atom stereocenters. The van der Waals surface area contributed by atoms with E-state index in [1.165, 1.54) is 6.92 Å². The molecule has 180 valence electrons. The van der Waals surface area contributed by atoms with Crippen LogP contribution in [-0.2, 0) is 19.0 Å². The summed E-state index contributed by atoms with van der Waals surface area (Å²) in [4.78, 5) is 14.7. The van der Waals surface area contributed by atoms with Gasteiger partial charge in [0.25, 0.3) is 0 Å². The van der Waals surface area contributed by atoms with Crippen molar-refractivity contribution < 1.29 is 29.2 Å². The summed E-state index contributed by atoms with van der Waals surface area (Å²) < 4.78 is 17.7. The van der Waals surface area contributed by atoms with Crippen LogP contribution in [0.2, 0.25) is 0 Å². The van der Waals surface area contributed by atoms with Crippen LogP contribution >= 0.6 is 0 Å². The van der Waals surface area contributed by atoms with Crippen molar-refractivity contribution in [2.45, 2.75) is 75.9 Å². The fourth-order valence-corrected chi connectivity index (χ4v) is 10.7. The van der Waals surface area contributed by atoms with Crippen molar-refractivity contribution in [1.29, 1.82) is 0 Å². The molecule has 5 aliphatic carbocycles. The van der Waals surface area contributed by atoms with Gasteiger partial charge < -0.3 is 24.4 Å². The second-order valence-corrected chi connectivity index (χ2v) is 11.8. The predicted molar refractivity (Wildman–Crippen MR) is 116 cm³/mol. The van der Waals surface area contributed by atoms with Crippen LogP contribution in [-0.4, -0.2) is 85.0 Å². The number of hydrogen-bond acceptors (Lipinski definition) is 7. The lowest BCUT2D eigenvalue weighted by Gasteiger charge is -2.69.